The Morgan fingerprint density at radius 1 is 1.14 bits per heavy atom. The predicted octanol–water partition coefficient (Wildman–Crippen LogP) is 5.67. The monoisotopic (exact) mass is 540 g/mol. The number of nitrogens with zero attached hydrogens (tertiary/aromatic N) is 5. The Kier molecular flexibility index (Phi) is 8.58. The number of rotatable bonds is 9. The highest BCUT2D eigenvalue weighted by molar-refractivity contribution is 7.99. The van der Waals surface area contributed by atoms with Crippen LogP contribution in [0.15, 0.2) is 77.2 Å². The van der Waals surface area contributed by atoms with Gasteiger partial charge in [0.15, 0.2) is 11.0 Å². The first kappa shape index (κ1) is 25.7. The minimum absolute atomic E-state index is 0.0767. The maximum Gasteiger partial charge on any atom is 0.250 e. The van der Waals surface area contributed by atoms with Crippen molar-refractivity contribution in [3.8, 4) is 22.8 Å². The van der Waals surface area contributed by atoms with Crippen molar-refractivity contribution in [1.82, 2.24) is 25.2 Å². The average Bonchev–Trinajstić information content (AvgIpc) is 3.31. The van der Waals surface area contributed by atoms with E-state index in [0.717, 1.165) is 17.0 Å². The van der Waals surface area contributed by atoms with E-state index < -0.39 is 0 Å². The molecule has 0 radical (unpaired) electrons. The van der Waals surface area contributed by atoms with Gasteiger partial charge in [-0.2, -0.15) is 5.10 Å². The fourth-order valence-electron chi connectivity index (χ4n) is 3.29. The van der Waals surface area contributed by atoms with E-state index in [4.69, 9.17) is 27.9 Å². The quantitative estimate of drug-likeness (QED) is 0.167. The van der Waals surface area contributed by atoms with Gasteiger partial charge in [-0.3, -0.25) is 14.3 Å². The molecule has 1 amide bonds. The maximum atomic E-state index is 12.6. The number of hydrazone groups is 1. The first-order valence-electron chi connectivity index (χ1n) is 11.0. The second kappa shape index (κ2) is 12.0. The third-order valence-electron chi connectivity index (χ3n) is 4.96. The summed E-state index contributed by atoms with van der Waals surface area (Å²) in [5.74, 6) is 1.16. The van der Waals surface area contributed by atoms with Crippen molar-refractivity contribution in [3.05, 3.63) is 82.6 Å². The van der Waals surface area contributed by atoms with Gasteiger partial charge >= 0.3 is 0 Å². The third-order valence-corrected chi connectivity index (χ3v) is 6.44. The summed E-state index contributed by atoms with van der Waals surface area (Å²) >= 11 is 13.4. The number of hydrogen-bond donors (Lipinski definition) is 1. The molecule has 8 nitrogen and oxygen atoms in total. The van der Waals surface area contributed by atoms with Crippen LogP contribution < -0.4 is 10.2 Å². The fraction of sp³-hybridized carbons (Fsp3) is 0.160. The summed E-state index contributed by atoms with van der Waals surface area (Å²) in [5.41, 5.74) is 5.44. The molecular formula is C25H22Cl2N6O2S. The van der Waals surface area contributed by atoms with Crippen LogP contribution in [0, 0.1) is 0 Å². The molecule has 0 aliphatic rings. The van der Waals surface area contributed by atoms with Crippen LogP contribution in [0.4, 0.5) is 0 Å². The van der Waals surface area contributed by atoms with Crippen molar-refractivity contribution in [2.75, 3.05) is 12.4 Å². The molecule has 0 unspecified atom stereocenters. The number of carbonyl (C=O) groups is 1. The van der Waals surface area contributed by atoms with E-state index in [1.165, 1.54) is 11.8 Å². The first-order chi connectivity index (χ1) is 17.5. The lowest BCUT2D eigenvalue weighted by Crippen LogP contribution is -2.21. The fourth-order valence-corrected chi connectivity index (χ4v) is 4.58. The summed E-state index contributed by atoms with van der Waals surface area (Å²) in [6.07, 6.45) is 3.41. The lowest BCUT2D eigenvalue weighted by Gasteiger charge is -2.11. The second-order valence-electron chi connectivity index (χ2n) is 7.46. The van der Waals surface area contributed by atoms with Gasteiger partial charge in [-0.25, -0.2) is 5.43 Å². The SMILES string of the molecule is CCOc1ccc(-n2c(SCC(=O)NN=C(C)c3ccc(Cl)cc3Cl)nnc2-c2cccnc2)cc1. The molecule has 0 aliphatic carbocycles. The Hall–Kier alpha value is -3.40. The normalized spacial score (nSPS) is 11.4. The first-order valence-corrected chi connectivity index (χ1v) is 12.7. The number of nitrogens with one attached hydrogen (secondary N) is 1. The molecule has 2 aromatic carbocycles. The largest absolute Gasteiger partial charge is 0.494 e. The molecule has 0 bridgehead atoms. The highest BCUT2D eigenvalue weighted by Crippen LogP contribution is 2.28. The highest BCUT2D eigenvalue weighted by Gasteiger charge is 2.18. The Morgan fingerprint density at radius 3 is 2.64 bits per heavy atom. The molecule has 1 N–H and O–H groups in total. The number of carbonyl (C=O) groups excluding carboxylic acids is 1. The molecular weight excluding hydrogens is 519 g/mol. The molecule has 0 fully saturated rings. The summed E-state index contributed by atoms with van der Waals surface area (Å²) in [7, 11) is 0. The van der Waals surface area contributed by atoms with E-state index >= 15 is 0 Å². The van der Waals surface area contributed by atoms with Crippen LogP contribution in [0.3, 0.4) is 0 Å². The number of aromatic nitrogens is 4. The smallest absolute Gasteiger partial charge is 0.250 e. The second-order valence-corrected chi connectivity index (χ2v) is 9.24. The average molecular weight is 541 g/mol. The Balaban J connectivity index is 1.52. The summed E-state index contributed by atoms with van der Waals surface area (Å²) in [6.45, 7) is 4.27. The van der Waals surface area contributed by atoms with Gasteiger partial charge in [-0.15, -0.1) is 10.2 Å². The van der Waals surface area contributed by atoms with E-state index in [1.807, 2.05) is 47.9 Å². The van der Waals surface area contributed by atoms with Crippen molar-refractivity contribution >= 4 is 46.6 Å². The van der Waals surface area contributed by atoms with Gasteiger partial charge in [0.05, 0.1) is 23.1 Å². The standard InChI is InChI=1S/C25H22Cl2N6O2S/c1-3-35-20-9-7-19(8-10-20)33-24(17-5-4-12-28-14-17)31-32-25(33)36-15-23(34)30-29-16(2)21-11-6-18(26)13-22(21)27/h4-14H,3,15H2,1-2H3,(H,30,34). The zero-order valence-corrected chi connectivity index (χ0v) is 21.8. The van der Waals surface area contributed by atoms with Crippen LogP contribution in [0.25, 0.3) is 17.1 Å². The molecule has 36 heavy (non-hydrogen) atoms. The zero-order chi connectivity index (χ0) is 25.5. The van der Waals surface area contributed by atoms with Gasteiger partial charge < -0.3 is 4.74 Å². The van der Waals surface area contributed by atoms with Crippen LogP contribution in [-0.2, 0) is 4.79 Å². The molecule has 11 heteroatoms. The van der Waals surface area contributed by atoms with Gasteiger partial charge in [-0.1, -0.05) is 41.0 Å². The molecule has 4 aromatic rings. The van der Waals surface area contributed by atoms with Gasteiger partial charge in [0, 0.05) is 34.2 Å². The van der Waals surface area contributed by atoms with Crippen LogP contribution in [-0.4, -0.2) is 43.7 Å². The van der Waals surface area contributed by atoms with E-state index in [2.05, 4.69) is 25.7 Å². The van der Waals surface area contributed by atoms with Gasteiger partial charge in [0.1, 0.15) is 5.75 Å². The van der Waals surface area contributed by atoms with Crippen LogP contribution >= 0.6 is 35.0 Å². The van der Waals surface area contributed by atoms with Crippen molar-refractivity contribution in [3.63, 3.8) is 0 Å². The minimum Gasteiger partial charge on any atom is -0.494 e. The van der Waals surface area contributed by atoms with E-state index in [9.17, 15) is 4.79 Å². The molecule has 184 valence electrons. The van der Waals surface area contributed by atoms with Crippen molar-refractivity contribution in [2.24, 2.45) is 5.10 Å². The van der Waals surface area contributed by atoms with Crippen LogP contribution in [0.2, 0.25) is 10.0 Å². The van der Waals surface area contributed by atoms with E-state index in [1.54, 1.807) is 37.5 Å². The Labute approximate surface area is 222 Å². The van der Waals surface area contributed by atoms with Crippen LogP contribution in [0.1, 0.15) is 19.4 Å². The molecule has 0 saturated heterocycles. The number of thioether (sulfide) groups is 1. The maximum absolute atomic E-state index is 12.6. The number of amides is 1. The third kappa shape index (κ3) is 6.23. The van der Waals surface area contributed by atoms with Crippen molar-refractivity contribution in [2.45, 2.75) is 19.0 Å². The van der Waals surface area contributed by atoms with Gasteiger partial charge in [0.25, 0.3) is 5.91 Å². The minimum atomic E-state index is -0.298. The summed E-state index contributed by atoms with van der Waals surface area (Å²) < 4.78 is 7.44. The van der Waals surface area contributed by atoms with E-state index in [-0.39, 0.29) is 11.7 Å². The van der Waals surface area contributed by atoms with Crippen molar-refractivity contribution in [1.29, 1.82) is 0 Å². The Bertz CT molecular complexity index is 1380. The zero-order valence-electron chi connectivity index (χ0n) is 19.5. The highest BCUT2D eigenvalue weighted by atomic mass is 35.5. The summed E-state index contributed by atoms with van der Waals surface area (Å²) in [5, 5.41) is 14.4. The lowest BCUT2D eigenvalue weighted by molar-refractivity contribution is -0.118. The molecule has 0 saturated carbocycles. The number of hydrogen-bond acceptors (Lipinski definition) is 7. The number of pyridine rings is 1. The lowest BCUT2D eigenvalue weighted by atomic mass is 10.1. The molecule has 2 aromatic heterocycles. The summed E-state index contributed by atoms with van der Waals surface area (Å²) in [4.78, 5) is 16.7. The number of benzene rings is 2. The number of halogens is 2. The van der Waals surface area contributed by atoms with Gasteiger partial charge in [-0.05, 0) is 62.4 Å². The van der Waals surface area contributed by atoms with E-state index in [0.29, 0.717) is 38.9 Å². The predicted molar refractivity (Wildman–Crippen MR) is 143 cm³/mol. The summed E-state index contributed by atoms with van der Waals surface area (Å²) in [6, 6.07) is 16.4. The number of ether oxygens (including phenoxy) is 1. The molecule has 4 rings (SSSR count). The molecule has 0 spiro atoms. The van der Waals surface area contributed by atoms with Crippen LogP contribution in [0.5, 0.6) is 5.75 Å². The Morgan fingerprint density at radius 2 is 1.94 bits per heavy atom. The molecule has 2 heterocycles. The molecule has 0 atom stereocenters. The van der Waals surface area contributed by atoms with Crippen molar-refractivity contribution < 1.29 is 9.53 Å². The van der Waals surface area contributed by atoms with Gasteiger partial charge in [0.2, 0.25) is 0 Å². The topological polar surface area (TPSA) is 94.3 Å². The molecule has 0 aliphatic heterocycles.